The van der Waals surface area contributed by atoms with Crippen molar-refractivity contribution in [3.05, 3.63) is 36.6 Å². The van der Waals surface area contributed by atoms with Gasteiger partial charge in [-0.2, -0.15) is 0 Å². The zero-order valence-corrected chi connectivity index (χ0v) is 22.3. The van der Waals surface area contributed by atoms with Crippen LogP contribution in [0.15, 0.2) is 36.6 Å². The molecule has 3 saturated carbocycles. The lowest BCUT2D eigenvalue weighted by atomic mass is 9.45. The maximum absolute atomic E-state index is 12.4. The summed E-state index contributed by atoms with van der Waals surface area (Å²) in [6, 6.07) is 0. The number of fused-ring (bicyclic) bond motifs is 5. The lowest BCUT2D eigenvalue weighted by Gasteiger charge is -2.60. The van der Waals surface area contributed by atoms with E-state index in [1.807, 2.05) is 6.08 Å². The first kappa shape index (κ1) is 26.6. The third kappa shape index (κ3) is 4.13. The molecule has 0 aliphatic heterocycles. The third-order valence-corrected chi connectivity index (χ3v) is 10.5. The zero-order valence-electron chi connectivity index (χ0n) is 22.3. The Bertz CT molecular complexity index is 1000. The van der Waals surface area contributed by atoms with Gasteiger partial charge in [0, 0.05) is 31.8 Å². The predicted octanol–water partition coefficient (Wildman–Crippen LogP) is 4.66. The van der Waals surface area contributed by atoms with Crippen molar-refractivity contribution < 1.29 is 29.0 Å². The highest BCUT2D eigenvalue weighted by Gasteiger charge is 2.67. The zero-order chi connectivity index (χ0) is 26.5. The van der Waals surface area contributed by atoms with Crippen molar-refractivity contribution in [3.8, 4) is 0 Å². The Morgan fingerprint density at radius 2 is 2.03 bits per heavy atom. The Morgan fingerprint density at radius 3 is 2.69 bits per heavy atom. The number of nitrogens with zero attached hydrogens (tertiary/aromatic N) is 1. The van der Waals surface area contributed by atoms with Crippen LogP contribution in [0.3, 0.4) is 0 Å². The summed E-state index contributed by atoms with van der Waals surface area (Å²) in [5, 5.41) is 11.7. The first-order valence-corrected chi connectivity index (χ1v) is 13.2. The van der Waals surface area contributed by atoms with Crippen molar-refractivity contribution in [3.63, 3.8) is 0 Å². The normalized spacial score (nSPS) is 40.9. The lowest BCUT2D eigenvalue weighted by molar-refractivity contribution is -0.149. The van der Waals surface area contributed by atoms with Crippen LogP contribution < -0.4 is 0 Å². The molecule has 0 bridgehead atoms. The number of hydrogen-bond donors (Lipinski definition) is 1. The monoisotopic (exact) mass is 499 g/mol. The average Bonchev–Trinajstić information content (AvgIpc) is 3.00. The molecule has 0 aromatic rings. The maximum atomic E-state index is 12.4. The largest absolute Gasteiger partial charge is 0.466 e. The van der Waals surface area contributed by atoms with Gasteiger partial charge in [0.2, 0.25) is 0 Å². The second kappa shape index (κ2) is 9.47. The first-order chi connectivity index (χ1) is 16.9. The molecule has 0 saturated heterocycles. The SMILES string of the molecule is C=COC(=O)N(C)CC1CC2C3CCC4=CC(=O)C=CC4(C)C3C(O)CC2(C)C1(C)CCOC(C)=O. The topological polar surface area (TPSA) is 93.1 Å². The molecule has 4 aliphatic carbocycles. The van der Waals surface area contributed by atoms with Crippen LogP contribution in [0.5, 0.6) is 0 Å². The number of esters is 1. The van der Waals surface area contributed by atoms with Gasteiger partial charge in [-0.05, 0) is 72.8 Å². The fraction of sp³-hybridized carbons (Fsp3) is 0.690. The molecule has 0 spiro atoms. The summed E-state index contributed by atoms with van der Waals surface area (Å²) in [7, 11) is 1.74. The molecule has 4 rings (SSSR count). The molecule has 1 N–H and O–H groups in total. The van der Waals surface area contributed by atoms with E-state index in [-0.39, 0.29) is 39.8 Å². The summed E-state index contributed by atoms with van der Waals surface area (Å²) in [5.74, 6) is 0.547. The quantitative estimate of drug-likeness (QED) is 0.422. The van der Waals surface area contributed by atoms with Crippen LogP contribution in [-0.4, -0.2) is 54.2 Å². The molecule has 0 radical (unpaired) electrons. The summed E-state index contributed by atoms with van der Waals surface area (Å²) in [6.45, 7) is 12.5. The minimum atomic E-state index is -0.516. The Balaban J connectivity index is 1.69. The molecule has 36 heavy (non-hydrogen) atoms. The standard InChI is InChI=1S/C29H41NO6/c1-7-35-26(34)30(6)17-20-15-23-22-9-8-19-14-21(32)10-11-27(19,3)25(22)24(33)16-29(23,5)28(20,4)12-13-36-18(2)31/h7,10-11,14,20,22-25,33H,1,8-9,12-13,15-17H2,2-6H3. The van der Waals surface area contributed by atoms with Gasteiger partial charge in [-0.25, -0.2) is 4.79 Å². The predicted molar refractivity (Wildman–Crippen MR) is 136 cm³/mol. The van der Waals surface area contributed by atoms with Crippen molar-refractivity contribution in [1.29, 1.82) is 0 Å². The molecule has 8 unspecified atom stereocenters. The van der Waals surface area contributed by atoms with E-state index in [4.69, 9.17) is 9.47 Å². The van der Waals surface area contributed by atoms with E-state index in [2.05, 4.69) is 27.4 Å². The Kier molecular flexibility index (Phi) is 7.01. The third-order valence-electron chi connectivity index (χ3n) is 10.5. The summed E-state index contributed by atoms with van der Waals surface area (Å²) < 4.78 is 10.4. The maximum Gasteiger partial charge on any atom is 0.414 e. The number of carbonyl (C=O) groups excluding carboxylic acids is 3. The molecule has 0 aromatic carbocycles. The van der Waals surface area contributed by atoms with Crippen LogP contribution in [-0.2, 0) is 19.1 Å². The van der Waals surface area contributed by atoms with Crippen molar-refractivity contribution in [2.45, 2.75) is 65.9 Å². The van der Waals surface area contributed by atoms with Crippen LogP contribution in [0.4, 0.5) is 4.79 Å². The highest BCUT2D eigenvalue weighted by atomic mass is 16.5. The number of ketones is 1. The van der Waals surface area contributed by atoms with E-state index in [1.165, 1.54) is 6.92 Å². The highest BCUT2D eigenvalue weighted by molar-refractivity contribution is 6.01. The number of hydrogen-bond acceptors (Lipinski definition) is 6. The van der Waals surface area contributed by atoms with Gasteiger partial charge in [-0.3, -0.25) is 9.59 Å². The molecule has 0 heterocycles. The Hall–Kier alpha value is -2.41. The van der Waals surface area contributed by atoms with E-state index in [9.17, 15) is 19.5 Å². The second-order valence-electron chi connectivity index (χ2n) is 12.1. The van der Waals surface area contributed by atoms with Gasteiger partial charge in [-0.1, -0.05) is 39.0 Å². The van der Waals surface area contributed by atoms with E-state index in [0.717, 1.165) is 31.1 Å². The molecule has 3 fully saturated rings. The van der Waals surface area contributed by atoms with E-state index >= 15 is 0 Å². The highest BCUT2D eigenvalue weighted by Crippen LogP contribution is 2.71. The molecule has 0 aromatic heterocycles. The summed E-state index contributed by atoms with van der Waals surface area (Å²) in [6.07, 6.45) is 9.66. The number of ether oxygens (including phenoxy) is 2. The molecular formula is C29H41NO6. The van der Waals surface area contributed by atoms with Crippen LogP contribution in [0.25, 0.3) is 0 Å². The Labute approximate surface area is 214 Å². The van der Waals surface area contributed by atoms with Crippen molar-refractivity contribution in [2.75, 3.05) is 20.2 Å². The van der Waals surface area contributed by atoms with Gasteiger partial charge >= 0.3 is 12.1 Å². The number of amides is 1. The number of aliphatic hydroxyl groups is 1. The average molecular weight is 500 g/mol. The van der Waals surface area contributed by atoms with Crippen molar-refractivity contribution in [2.24, 2.45) is 39.9 Å². The van der Waals surface area contributed by atoms with Crippen LogP contribution in [0, 0.1) is 39.9 Å². The van der Waals surface area contributed by atoms with Gasteiger partial charge in [0.15, 0.2) is 5.78 Å². The van der Waals surface area contributed by atoms with E-state index < -0.39 is 12.2 Å². The molecule has 1 amide bonds. The number of rotatable bonds is 6. The van der Waals surface area contributed by atoms with Gasteiger partial charge in [0.05, 0.1) is 19.0 Å². The summed E-state index contributed by atoms with van der Waals surface area (Å²) >= 11 is 0. The van der Waals surface area contributed by atoms with E-state index in [1.54, 1.807) is 24.1 Å². The number of aliphatic hydroxyl groups excluding tert-OH is 1. The summed E-state index contributed by atoms with van der Waals surface area (Å²) in [4.78, 5) is 37.7. The fourth-order valence-corrected chi connectivity index (χ4v) is 8.54. The van der Waals surface area contributed by atoms with Crippen LogP contribution >= 0.6 is 0 Å². The number of carbonyl (C=O) groups is 3. The van der Waals surface area contributed by atoms with Gasteiger partial charge in [0.1, 0.15) is 0 Å². The van der Waals surface area contributed by atoms with Crippen molar-refractivity contribution >= 4 is 17.8 Å². The van der Waals surface area contributed by atoms with Gasteiger partial charge in [-0.15, -0.1) is 0 Å². The Morgan fingerprint density at radius 1 is 1.31 bits per heavy atom. The molecule has 7 nitrogen and oxygen atoms in total. The van der Waals surface area contributed by atoms with Gasteiger partial charge < -0.3 is 19.5 Å². The smallest absolute Gasteiger partial charge is 0.414 e. The van der Waals surface area contributed by atoms with Crippen molar-refractivity contribution in [1.82, 2.24) is 4.90 Å². The van der Waals surface area contributed by atoms with E-state index in [0.29, 0.717) is 37.8 Å². The van der Waals surface area contributed by atoms with Crippen LogP contribution in [0.2, 0.25) is 0 Å². The summed E-state index contributed by atoms with van der Waals surface area (Å²) in [5.41, 5.74) is 0.344. The minimum Gasteiger partial charge on any atom is -0.466 e. The minimum absolute atomic E-state index is 0.0319. The molecule has 4 aliphatic rings. The lowest BCUT2D eigenvalue weighted by Crippen LogP contribution is -2.57. The molecule has 8 atom stereocenters. The second-order valence-corrected chi connectivity index (χ2v) is 12.1. The van der Waals surface area contributed by atoms with Gasteiger partial charge in [0.25, 0.3) is 0 Å². The number of allylic oxidation sites excluding steroid dienone is 4. The molecular weight excluding hydrogens is 458 g/mol. The molecule has 198 valence electrons. The molecule has 7 heteroatoms. The fourth-order valence-electron chi connectivity index (χ4n) is 8.54. The van der Waals surface area contributed by atoms with Crippen LogP contribution in [0.1, 0.15) is 59.8 Å². The first-order valence-electron chi connectivity index (χ1n) is 13.2.